The summed E-state index contributed by atoms with van der Waals surface area (Å²) in [6.45, 7) is -0.295. The van der Waals surface area contributed by atoms with Crippen molar-refractivity contribution in [1.29, 1.82) is 5.26 Å². The molecule has 6 heteroatoms. The molecule has 0 saturated carbocycles. The number of allylic oxidation sites excluding steroid dienone is 2. The number of hydrogen-bond acceptors (Lipinski definition) is 5. The smallest absolute Gasteiger partial charge is 0.309 e. The number of esters is 1. The van der Waals surface area contributed by atoms with Crippen molar-refractivity contribution in [2.45, 2.75) is 24.2 Å². The van der Waals surface area contributed by atoms with Gasteiger partial charge < -0.3 is 10.1 Å². The van der Waals surface area contributed by atoms with E-state index in [1.54, 1.807) is 12.1 Å². The maximum absolute atomic E-state index is 11.9. The first kappa shape index (κ1) is 17.1. The molecular formula is C17H18N2O3S. The third kappa shape index (κ3) is 5.46. The quantitative estimate of drug-likeness (QED) is 0.492. The van der Waals surface area contributed by atoms with Gasteiger partial charge in [-0.15, -0.1) is 11.8 Å². The monoisotopic (exact) mass is 330 g/mol. The molecule has 1 aromatic carbocycles. The summed E-state index contributed by atoms with van der Waals surface area (Å²) >= 11 is 1.34. The Kier molecular flexibility index (Phi) is 6.70. The van der Waals surface area contributed by atoms with Gasteiger partial charge in [-0.2, -0.15) is 5.26 Å². The molecule has 1 N–H and O–H groups in total. The number of benzene rings is 1. The Morgan fingerprint density at radius 1 is 1.35 bits per heavy atom. The number of thioether (sulfide) groups is 1. The normalized spacial score (nSPS) is 16.4. The van der Waals surface area contributed by atoms with Crippen molar-refractivity contribution in [2.24, 2.45) is 5.92 Å². The molecule has 120 valence electrons. The predicted octanol–water partition coefficient (Wildman–Crippen LogP) is 3.14. The highest BCUT2D eigenvalue weighted by molar-refractivity contribution is 7.99. The van der Waals surface area contributed by atoms with E-state index in [2.05, 4.69) is 5.32 Å². The van der Waals surface area contributed by atoms with Gasteiger partial charge >= 0.3 is 5.97 Å². The van der Waals surface area contributed by atoms with Gasteiger partial charge in [0.25, 0.3) is 5.91 Å². The zero-order chi connectivity index (χ0) is 16.5. The first-order valence-electron chi connectivity index (χ1n) is 7.41. The fourth-order valence-corrected chi connectivity index (χ4v) is 2.92. The van der Waals surface area contributed by atoms with Crippen LogP contribution in [0, 0.1) is 17.2 Å². The Morgan fingerprint density at radius 2 is 2.17 bits per heavy atom. The fraction of sp³-hybridized carbons (Fsp3) is 0.353. The fourth-order valence-electron chi connectivity index (χ4n) is 2.25. The Morgan fingerprint density at radius 3 is 2.91 bits per heavy atom. The summed E-state index contributed by atoms with van der Waals surface area (Å²) in [5, 5.41) is 11.4. The van der Waals surface area contributed by atoms with Crippen molar-refractivity contribution in [3.8, 4) is 6.07 Å². The Bertz CT molecular complexity index is 637. The van der Waals surface area contributed by atoms with E-state index < -0.39 is 0 Å². The number of rotatable bonds is 6. The third-order valence-corrected chi connectivity index (χ3v) is 4.34. The second-order valence-corrected chi connectivity index (χ2v) is 6.10. The highest BCUT2D eigenvalue weighted by Gasteiger charge is 2.21. The molecule has 23 heavy (non-hydrogen) atoms. The molecular weight excluding hydrogens is 312 g/mol. The minimum absolute atomic E-state index is 0.147. The lowest BCUT2D eigenvalue weighted by atomic mass is 9.95. The van der Waals surface area contributed by atoms with Crippen LogP contribution in [0.25, 0.3) is 0 Å². The van der Waals surface area contributed by atoms with E-state index in [0.29, 0.717) is 17.9 Å². The minimum Gasteiger partial charge on any atom is -0.455 e. The number of ether oxygens (including phenoxy) is 1. The number of nitrogens with one attached hydrogen (secondary N) is 1. The second-order valence-electron chi connectivity index (χ2n) is 5.08. The van der Waals surface area contributed by atoms with E-state index in [1.807, 2.05) is 30.4 Å². The number of para-hydroxylation sites is 1. The molecule has 0 fully saturated rings. The lowest BCUT2D eigenvalue weighted by Crippen LogP contribution is -2.25. The van der Waals surface area contributed by atoms with E-state index in [4.69, 9.17) is 10.00 Å². The summed E-state index contributed by atoms with van der Waals surface area (Å²) in [6.07, 6.45) is 6.33. The van der Waals surface area contributed by atoms with E-state index in [1.165, 1.54) is 11.8 Å². The second kappa shape index (κ2) is 9.01. The largest absolute Gasteiger partial charge is 0.455 e. The van der Waals surface area contributed by atoms with Crippen LogP contribution in [-0.2, 0) is 14.3 Å². The molecule has 1 aliphatic rings. The Hall–Kier alpha value is -2.26. The Balaban J connectivity index is 1.84. The summed E-state index contributed by atoms with van der Waals surface area (Å²) in [5.41, 5.74) is 0.620. The van der Waals surface area contributed by atoms with E-state index in [0.717, 1.165) is 17.7 Å². The number of nitrogens with zero attached hydrogens (tertiary/aromatic N) is 1. The van der Waals surface area contributed by atoms with Gasteiger partial charge in [-0.05, 0) is 31.4 Å². The maximum atomic E-state index is 11.9. The molecule has 0 heterocycles. The minimum atomic E-state index is -0.380. The van der Waals surface area contributed by atoms with Gasteiger partial charge in [0, 0.05) is 4.90 Å². The summed E-state index contributed by atoms with van der Waals surface area (Å²) in [5.74, 6) is -0.547. The molecule has 1 amide bonds. The molecule has 1 aromatic rings. The van der Waals surface area contributed by atoms with Gasteiger partial charge in [0.05, 0.1) is 23.4 Å². The Labute approximate surface area is 139 Å². The predicted molar refractivity (Wildman–Crippen MR) is 88.8 cm³/mol. The highest BCUT2D eigenvalue weighted by atomic mass is 32.2. The number of carbonyl (C=O) groups excluding carboxylic acids is 2. The van der Waals surface area contributed by atoms with Gasteiger partial charge in [0.15, 0.2) is 6.61 Å². The number of nitriles is 1. The number of anilines is 1. The van der Waals surface area contributed by atoms with E-state index >= 15 is 0 Å². The van der Waals surface area contributed by atoms with Crippen LogP contribution < -0.4 is 5.32 Å². The molecule has 0 bridgehead atoms. The van der Waals surface area contributed by atoms with Crippen LogP contribution in [-0.4, -0.2) is 24.2 Å². The zero-order valence-corrected chi connectivity index (χ0v) is 13.5. The lowest BCUT2D eigenvalue weighted by molar-refractivity contribution is -0.151. The average Bonchev–Trinajstić information content (AvgIpc) is 2.59. The van der Waals surface area contributed by atoms with Crippen LogP contribution in [0.5, 0.6) is 0 Å². The SMILES string of the molecule is N#CCSc1ccccc1NC(=O)COC(=O)C1CC=CCC1. The summed E-state index contributed by atoms with van der Waals surface area (Å²) in [7, 11) is 0. The first-order chi connectivity index (χ1) is 11.2. The van der Waals surface area contributed by atoms with Crippen molar-refractivity contribution in [1.82, 2.24) is 0 Å². The van der Waals surface area contributed by atoms with Crippen molar-refractivity contribution >= 4 is 29.3 Å². The summed E-state index contributed by atoms with van der Waals surface area (Å²) < 4.78 is 5.09. The van der Waals surface area contributed by atoms with Crippen molar-refractivity contribution < 1.29 is 14.3 Å². The molecule has 1 aliphatic carbocycles. The molecule has 2 rings (SSSR count). The lowest BCUT2D eigenvalue weighted by Gasteiger charge is -2.16. The molecule has 1 atom stereocenters. The van der Waals surface area contributed by atoms with Crippen LogP contribution >= 0.6 is 11.8 Å². The van der Waals surface area contributed by atoms with Crippen LogP contribution in [0.1, 0.15) is 19.3 Å². The van der Waals surface area contributed by atoms with Crippen molar-refractivity contribution in [3.63, 3.8) is 0 Å². The summed E-state index contributed by atoms with van der Waals surface area (Å²) in [4.78, 5) is 24.6. The van der Waals surface area contributed by atoms with Crippen LogP contribution in [0.2, 0.25) is 0 Å². The molecule has 0 radical (unpaired) electrons. The number of amides is 1. The van der Waals surface area contributed by atoms with E-state index in [9.17, 15) is 9.59 Å². The van der Waals surface area contributed by atoms with Gasteiger partial charge in [-0.1, -0.05) is 24.3 Å². The maximum Gasteiger partial charge on any atom is 0.309 e. The third-order valence-electron chi connectivity index (χ3n) is 3.40. The molecule has 0 saturated heterocycles. The van der Waals surface area contributed by atoms with Gasteiger partial charge in [-0.25, -0.2) is 0 Å². The van der Waals surface area contributed by atoms with Crippen molar-refractivity contribution in [2.75, 3.05) is 17.7 Å². The number of hydrogen-bond donors (Lipinski definition) is 1. The zero-order valence-electron chi connectivity index (χ0n) is 12.7. The summed E-state index contributed by atoms with van der Waals surface area (Å²) in [6, 6.07) is 9.27. The van der Waals surface area contributed by atoms with Gasteiger partial charge in [0.1, 0.15) is 0 Å². The molecule has 1 unspecified atom stereocenters. The topological polar surface area (TPSA) is 79.2 Å². The molecule has 0 aromatic heterocycles. The average molecular weight is 330 g/mol. The molecule has 5 nitrogen and oxygen atoms in total. The van der Waals surface area contributed by atoms with Crippen LogP contribution in [0.3, 0.4) is 0 Å². The van der Waals surface area contributed by atoms with Gasteiger partial charge in [-0.3, -0.25) is 9.59 Å². The molecule has 0 spiro atoms. The first-order valence-corrected chi connectivity index (χ1v) is 8.39. The van der Waals surface area contributed by atoms with Crippen LogP contribution in [0.4, 0.5) is 5.69 Å². The van der Waals surface area contributed by atoms with E-state index in [-0.39, 0.29) is 24.4 Å². The molecule has 0 aliphatic heterocycles. The number of carbonyl (C=O) groups is 2. The van der Waals surface area contributed by atoms with Crippen LogP contribution in [0.15, 0.2) is 41.3 Å². The van der Waals surface area contributed by atoms with Crippen molar-refractivity contribution in [3.05, 3.63) is 36.4 Å². The van der Waals surface area contributed by atoms with Gasteiger partial charge in [0.2, 0.25) is 0 Å². The highest BCUT2D eigenvalue weighted by Crippen LogP contribution is 2.26. The standard InChI is InChI=1S/C17H18N2O3S/c18-10-11-23-15-9-5-4-8-14(15)19-16(20)12-22-17(21)13-6-2-1-3-7-13/h1-2,4-5,8-9,13H,3,6-7,11-12H2,(H,19,20).